The fourth-order valence-electron chi connectivity index (χ4n) is 1.94. The third-order valence-electron chi connectivity index (χ3n) is 2.74. The Balaban J connectivity index is 2.37. The highest BCUT2D eigenvalue weighted by atomic mass is 79.9. The number of rotatable bonds is 2. The zero-order valence-corrected chi connectivity index (χ0v) is 10.2. The molecule has 1 heterocycles. The molecule has 0 saturated carbocycles. The Hall–Kier alpha value is -0.740. The Morgan fingerprint density at radius 1 is 1.53 bits per heavy atom. The third kappa shape index (κ3) is 2.11. The summed E-state index contributed by atoms with van der Waals surface area (Å²) in [5, 5.41) is 13.2. The molecule has 15 heavy (non-hydrogen) atoms. The summed E-state index contributed by atoms with van der Waals surface area (Å²) in [6.07, 6.45) is 2.22. The van der Waals surface area contributed by atoms with Crippen LogP contribution in [0.1, 0.15) is 24.4 Å². The molecule has 1 aromatic rings. The number of nitrogens with one attached hydrogen (secondary N) is 1. The van der Waals surface area contributed by atoms with E-state index in [9.17, 15) is 5.11 Å². The standard InChI is InChI=1S/C11H14BrNO2/c1-15-11-5-7(9-3-2-4-13-9)10(14)6-8(11)12/h5-6,9,13-14H,2-4H2,1H3. The van der Waals surface area contributed by atoms with Crippen LogP contribution in [0.15, 0.2) is 16.6 Å². The van der Waals surface area contributed by atoms with Gasteiger partial charge in [-0.15, -0.1) is 0 Å². The quantitative estimate of drug-likeness (QED) is 0.869. The Bertz CT molecular complexity index is 362. The number of phenolic OH excluding ortho intramolecular Hbond substituents is 1. The molecule has 0 radical (unpaired) electrons. The molecule has 1 atom stereocenters. The van der Waals surface area contributed by atoms with Crippen LogP contribution in [0.5, 0.6) is 11.5 Å². The summed E-state index contributed by atoms with van der Waals surface area (Å²) in [5.74, 6) is 1.08. The maximum Gasteiger partial charge on any atom is 0.133 e. The lowest BCUT2D eigenvalue weighted by Gasteiger charge is -2.14. The lowest BCUT2D eigenvalue weighted by Crippen LogP contribution is -2.13. The molecule has 1 saturated heterocycles. The second-order valence-corrected chi connectivity index (χ2v) is 4.55. The van der Waals surface area contributed by atoms with E-state index < -0.39 is 0 Å². The van der Waals surface area contributed by atoms with Crippen molar-refractivity contribution in [2.24, 2.45) is 0 Å². The summed E-state index contributed by atoms with van der Waals surface area (Å²) in [6.45, 7) is 1.02. The van der Waals surface area contributed by atoms with E-state index >= 15 is 0 Å². The number of hydrogen-bond donors (Lipinski definition) is 2. The van der Waals surface area contributed by atoms with Gasteiger partial charge in [0.2, 0.25) is 0 Å². The minimum Gasteiger partial charge on any atom is -0.508 e. The number of aromatic hydroxyl groups is 1. The van der Waals surface area contributed by atoms with E-state index in [-0.39, 0.29) is 6.04 Å². The summed E-state index contributed by atoms with van der Waals surface area (Å²) < 4.78 is 6.00. The van der Waals surface area contributed by atoms with Crippen molar-refractivity contribution < 1.29 is 9.84 Å². The molecular weight excluding hydrogens is 258 g/mol. The van der Waals surface area contributed by atoms with Gasteiger partial charge in [0.05, 0.1) is 11.6 Å². The molecule has 0 spiro atoms. The Kier molecular flexibility index (Phi) is 3.17. The highest BCUT2D eigenvalue weighted by Crippen LogP contribution is 2.37. The zero-order valence-electron chi connectivity index (χ0n) is 8.59. The average molecular weight is 272 g/mol. The fraction of sp³-hybridized carbons (Fsp3) is 0.455. The van der Waals surface area contributed by atoms with E-state index in [2.05, 4.69) is 21.2 Å². The van der Waals surface area contributed by atoms with Gasteiger partial charge in [-0.05, 0) is 47.4 Å². The predicted molar refractivity (Wildman–Crippen MR) is 62.3 cm³/mol. The van der Waals surface area contributed by atoms with Crippen LogP contribution >= 0.6 is 15.9 Å². The molecule has 4 heteroatoms. The van der Waals surface area contributed by atoms with Gasteiger partial charge in [0.15, 0.2) is 0 Å². The maximum atomic E-state index is 9.85. The van der Waals surface area contributed by atoms with Crippen LogP contribution in [0.25, 0.3) is 0 Å². The summed E-state index contributed by atoms with van der Waals surface area (Å²) in [6, 6.07) is 3.84. The smallest absolute Gasteiger partial charge is 0.133 e. The van der Waals surface area contributed by atoms with Crippen molar-refractivity contribution in [3.05, 3.63) is 22.2 Å². The fourth-order valence-corrected chi connectivity index (χ4v) is 2.44. The predicted octanol–water partition coefficient (Wildman–Crippen LogP) is 2.59. The molecule has 1 unspecified atom stereocenters. The van der Waals surface area contributed by atoms with Crippen LogP contribution in [0, 0.1) is 0 Å². The molecule has 1 fully saturated rings. The number of ether oxygens (including phenoxy) is 1. The Morgan fingerprint density at radius 2 is 2.33 bits per heavy atom. The van der Waals surface area contributed by atoms with Crippen LogP contribution in [-0.4, -0.2) is 18.8 Å². The summed E-state index contributed by atoms with van der Waals surface area (Å²) >= 11 is 3.34. The van der Waals surface area contributed by atoms with Crippen molar-refractivity contribution in [3.63, 3.8) is 0 Å². The topological polar surface area (TPSA) is 41.5 Å². The molecule has 2 rings (SSSR count). The zero-order chi connectivity index (χ0) is 10.8. The highest BCUT2D eigenvalue weighted by Gasteiger charge is 2.20. The van der Waals surface area contributed by atoms with Crippen molar-refractivity contribution in [2.45, 2.75) is 18.9 Å². The first-order valence-electron chi connectivity index (χ1n) is 5.02. The van der Waals surface area contributed by atoms with Gasteiger partial charge in [0.25, 0.3) is 0 Å². The van der Waals surface area contributed by atoms with Gasteiger partial charge in [-0.1, -0.05) is 0 Å². The molecule has 0 bridgehead atoms. The van der Waals surface area contributed by atoms with Crippen LogP contribution in [0.3, 0.4) is 0 Å². The van der Waals surface area contributed by atoms with E-state index in [0.29, 0.717) is 5.75 Å². The molecule has 82 valence electrons. The summed E-state index contributed by atoms with van der Waals surface area (Å²) in [7, 11) is 1.63. The van der Waals surface area contributed by atoms with Crippen molar-refractivity contribution in [3.8, 4) is 11.5 Å². The van der Waals surface area contributed by atoms with Gasteiger partial charge in [0, 0.05) is 11.6 Å². The van der Waals surface area contributed by atoms with Crippen LogP contribution in [0.4, 0.5) is 0 Å². The first-order valence-corrected chi connectivity index (χ1v) is 5.81. The molecule has 1 aliphatic rings. The van der Waals surface area contributed by atoms with E-state index in [1.165, 1.54) is 0 Å². The lowest BCUT2D eigenvalue weighted by molar-refractivity contribution is 0.405. The monoisotopic (exact) mass is 271 g/mol. The van der Waals surface area contributed by atoms with Gasteiger partial charge in [-0.2, -0.15) is 0 Å². The lowest BCUT2D eigenvalue weighted by atomic mass is 10.0. The minimum atomic E-state index is 0.256. The molecular formula is C11H14BrNO2. The van der Waals surface area contributed by atoms with Crippen LogP contribution < -0.4 is 10.1 Å². The van der Waals surface area contributed by atoms with E-state index in [4.69, 9.17) is 4.74 Å². The normalized spacial score (nSPS) is 20.5. The van der Waals surface area contributed by atoms with E-state index in [0.717, 1.165) is 35.2 Å². The number of benzene rings is 1. The third-order valence-corrected chi connectivity index (χ3v) is 3.36. The Labute approximate surface area is 97.6 Å². The molecule has 0 aliphatic carbocycles. The Morgan fingerprint density at radius 3 is 2.93 bits per heavy atom. The van der Waals surface area contributed by atoms with Crippen LogP contribution in [0.2, 0.25) is 0 Å². The summed E-state index contributed by atoms with van der Waals surface area (Å²) in [5.41, 5.74) is 0.924. The van der Waals surface area contributed by atoms with Gasteiger partial charge in [0.1, 0.15) is 11.5 Å². The van der Waals surface area contributed by atoms with Crippen molar-refractivity contribution in [2.75, 3.05) is 13.7 Å². The van der Waals surface area contributed by atoms with E-state index in [1.807, 2.05) is 6.07 Å². The SMILES string of the molecule is COc1cc(C2CCCN2)c(O)cc1Br. The number of hydrogen-bond acceptors (Lipinski definition) is 3. The number of phenols is 1. The largest absolute Gasteiger partial charge is 0.508 e. The molecule has 0 aromatic heterocycles. The van der Waals surface area contributed by atoms with Crippen molar-refractivity contribution in [1.82, 2.24) is 5.32 Å². The molecule has 1 aliphatic heterocycles. The van der Waals surface area contributed by atoms with Crippen molar-refractivity contribution in [1.29, 1.82) is 0 Å². The van der Waals surface area contributed by atoms with Crippen LogP contribution in [-0.2, 0) is 0 Å². The van der Waals surface area contributed by atoms with E-state index in [1.54, 1.807) is 13.2 Å². The molecule has 2 N–H and O–H groups in total. The van der Waals surface area contributed by atoms with Gasteiger partial charge >= 0.3 is 0 Å². The first-order chi connectivity index (χ1) is 7.22. The summed E-state index contributed by atoms with van der Waals surface area (Å²) in [4.78, 5) is 0. The minimum absolute atomic E-state index is 0.256. The first kappa shape index (κ1) is 10.8. The maximum absolute atomic E-state index is 9.85. The molecule has 3 nitrogen and oxygen atoms in total. The molecule has 1 aromatic carbocycles. The number of methoxy groups -OCH3 is 1. The van der Waals surface area contributed by atoms with Gasteiger partial charge in [-0.25, -0.2) is 0 Å². The second-order valence-electron chi connectivity index (χ2n) is 3.69. The molecule has 0 amide bonds. The van der Waals surface area contributed by atoms with Gasteiger partial charge < -0.3 is 15.2 Å². The van der Waals surface area contributed by atoms with Gasteiger partial charge in [-0.3, -0.25) is 0 Å². The van der Waals surface area contributed by atoms with Crippen molar-refractivity contribution >= 4 is 15.9 Å². The second kappa shape index (κ2) is 4.41. The average Bonchev–Trinajstić information content (AvgIpc) is 2.71. The highest BCUT2D eigenvalue weighted by molar-refractivity contribution is 9.10. The number of halogens is 1.